The van der Waals surface area contributed by atoms with Crippen LogP contribution < -0.4 is 0 Å². The smallest absolute Gasteiger partial charge is 0.338 e. The second kappa shape index (κ2) is 4.68. The number of ketones is 1. The number of carbonyl (C=O) groups excluding carboxylic acids is 2. The summed E-state index contributed by atoms with van der Waals surface area (Å²) < 4.78 is 4.85. The Morgan fingerprint density at radius 3 is 2.67 bits per heavy atom. The van der Waals surface area contributed by atoms with Crippen molar-refractivity contribution in [3.63, 3.8) is 0 Å². The molecule has 1 aromatic heterocycles. The lowest BCUT2D eigenvalue weighted by Gasteiger charge is -2.07. The van der Waals surface area contributed by atoms with Crippen molar-refractivity contribution in [2.24, 2.45) is 0 Å². The van der Waals surface area contributed by atoms with Gasteiger partial charge in [-0.1, -0.05) is 0 Å². The molecular formula is C11H13NO3. The lowest BCUT2D eigenvalue weighted by atomic mass is 10.0. The SMILES string of the molecule is CCOC(=O)c1ccnc(C)c1C(C)=O. The van der Waals surface area contributed by atoms with Crippen LogP contribution in [0.4, 0.5) is 0 Å². The van der Waals surface area contributed by atoms with Crippen LogP contribution in [0.2, 0.25) is 0 Å². The fourth-order valence-corrected chi connectivity index (χ4v) is 1.39. The van der Waals surface area contributed by atoms with E-state index in [-0.39, 0.29) is 18.0 Å². The Balaban J connectivity index is 3.23. The number of pyridine rings is 1. The highest BCUT2D eigenvalue weighted by atomic mass is 16.5. The van der Waals surface area contributed by atoms with E-state index in [1.807, 2.05) is 0 Å². The summed E-state index contributed by atoms with van der Waals surface area (Å²) in [5.74, 6) is -0.656. The minimum Gasteiger partial charge on any atom is -0.462 e. The molecule has 0 bridgehead atoms. The second-order valence-electron chi connectivity index (χ2n) is 3.10. The van der Waals surface area contributed by atoms with E-state index in [2.05, 4.69) is 4.98 Å². The van der Waals surface area contributed by atoms with E-state index in [0.717, 1.165) is 0 Å². The zero-order valence-electron chi connectivity index (χ0n) is 9.03. The summed E-state index contributed by atoms with van der Waals surface area (Å²) in [4.78, 5) is 26.8. The molecule has 0 amide bonds. The first kappa shape index (κ1) is 11.4. The third kappa shape index (κ3) is 2.40. The zero-order chi connectivity index (χ0) is 11.4. The Hall–Kier alpha value is -1.71. The third-order valence-electron chi connectivity index (χ3n) is 1.99. The third-order valence-corrected chi connectivity index (χ3v) is 1.99. The number of hydrogen-bond acceptors (Lipinski definition) is 4. The van der Waals surface area contributed by atoms with Crippen LogP contribution in [-0.2, 0) is 4.74 Å². The lowest BCUT2D eigenvalue weighted by molar-refractivity contribution is 0.0523. The number of aromatic nitrogens is 1. The molecule has 0 spiro atoms. The normalized spacial score (nSPS) is 9.80. The second-order valence-corrected chi connectivity index (χ2v) is 3.10. The van der Waals surface area contributed by atoms with Crippen molar-refractivity contribution < 1.29 is 14.3 Å². The molecule has 0 saturated heterocycles. The molecule has 0 aliphatic carbocycles. The highest BCUT2D eigenvalue weighted by Crippen LogP contribution is 2.13. The molecule has 0 unspecified atom stereocenters. The molecule has 4 heteroatoms. The van der Waals surface area contributed by atoms with Gasteiger partial charge in [0.05, 0.1) is 17.7 Å². The quantitative estimate of drug-likeness (QED) is 0.560. The molecule has 0 aromatic carbocycles. The van der Waals surface area contributed by atoms with E-state index in [0.29, 0.717) is 11.3 Å². The molecular weight excluding hydrogens is 194 g/mol. The van der Waals surface area contributed by atoms with Gasteiger partial charge in [0, 0.05) is 11.9 Å². The first-order valence-corrected chi connectivity index (χ1v) is 4.71. The molecule has 1 aromatic rings. The van der Waals surface area contributed by atoms with Gasteiger partial charge in [0.25, 0.3) is 0 Å². The molecule has 0 fully saturated rings. The minimum absolute atomic E-state index is 0.177. The van der Waals surface area contributed by atoms with Crippen LogP contribution in [0.1, 0.15) is 40.3 Å². The zero-order valence-corrected chi connectivity index (χ0v) is 9.03. The summed E-state index contributed by atoms with van der Waals surface area (Å²) in [6.45, 7) is 5.11. The van der Waals surface area contributed by atoms with Gasteiger partial charge < -0.3 is 4.74 Å². The summed E-state index contributed by atoms with van der Waals surface area (Å²) in [7, 11) is 0. The van der Waals surface area contributed by atoms with Gasteiger partial charge >= 0.3 is 5.97 Å². The lowest BCUT2D eigenvalue weighted by Crippen LogP contribution is -2.12. The van der Waals surface area contributed by atoms with E-state index in [9.17, 15) is 9.59 Å². The molecule has 0 saturated carbocycles. The topological polar surface area (TPSA) is 56.3 Å². The first-order valence-electron chi connectivity index (χ1n) is 4.71. The van der Waals surface area contributed by atoms with Crippen LogP contribution in [-0.4, -0.2) is 23.3 Å². The number of carbonyl (C=O) groups is 2. The molecule has 0 atom stereocenters. The number of nitrogens with zero attached hydrogens (tertiary/aromatic N) is 1. The van der Waals surface area contributed by atoms with Gasteiger partial charge in [-0.15, -0.1) is 0 Å². The number of rotatable bonds is 3. The molecule has 4 nitrogen and oxygen atoms in total. The maximum atomic E-state index is 11.5. The van der Waals surface area contributed by atoms with Gasteiger partial charge in [0.15, 0.2) is 5.78 Å². The summed E-state index contributed by atoms with van der Waals surface area (Å²) in [6, 6.07) is 1.50. The highest BCUT2D eigenvalue weighted by molar-refractivity contribution is 6.05. The molecule has 1 heterocycles. The Bertz CT molecular complexity index is 399. The summed E-state index contributed by atoms with van der Waals surface area (Å²) in [5.41, 5.74) is 1.18. The molecule has 80 valence electrons. The van der Waals surface area contributed by atoms with Crippen LogP contribution >= 0.6 is 0 Å². The fraction of sp³-hybridized carbons (Fsp3) is 0.364. The standard InChI is InChI=1S/C11H13NO3/c1-4-15-11(14)9-5-6-12-7(2)10(9)8(3)13/h5-6H,4H2,1-3H3. The van der Waals surface area contributed by atoms with E-state index in [1.54, 1.807) is 13.8 Å². The van der Waals surface area contributed by atoms with Crippen molar-refractivity contribution in [2.75, 3.05) is 6.61 Å². The molecule has 15 heavy (non-hydrogen) atoms. The maximum Gasteiger partial charge on any atom is 0.338 e. The van der Waals surface area contributed by atoms with E-state index in [4.69, 9.17) is 4.74 Å². The Morgan fingerprint density at radius 1 is 1.47 bits per heavy atom. The predicted octanol–water partition coefficient (Wildman–Crippen LogP) is 1.77. The minimum atomic E-state index is -0.479. The monoisotopic (exact) mass is 207 g/mol. The Kier molecular flexibility index (Phi) is 3.55. The van der Waals surface area contributed by atoms with Gasteiger partial charge in [-0.25, -0.2) is 4.79 Å². The fourth-order valence-electron chi connectivity index (χ4n) is 1.39. The number of Topliss-reactive ketones (excluding diaryl/α,β-unsaturated/α-hetero) is 1. The molecule has 1 rings (SSSR count). The van der Waals surface area contributed by atoms with Crippen LogP contribution in [0.3, 0.4) is 0 Å². The van der Waals surface area contributed by atoms with Crippen molar-refractivity contribution in [3.8, 4) is 0 Å². The van der Waals surface area contributed by atoms with Gasteiger partial charge in [-0.3, -0.25) is 9.78 Å². The van der Waals surface area contributed by atoms with Crippen LogP contribution in [0.15, 0.2) is 12.3 Å². The first-order chi connectivity index (χ1) is 7.07. The van der Waals surface area contributed by atoms with Crippen LogP contribution in [0.25, 0.3) is 0 Å². The number of hydrogen-bond donors (Lipinski definition) is 0. The van der Waals surface area contributed by atoms with Gasteiger partial charge in [0.1, 0.15) is 0 Å². The number of esters is 1. The Labute approximate surface area is 88.3 Å². The van der Waals surface area contributed by atoms with E-state index < -0.39 is 5.97 Å². The maximum absolute atomic E-state index is 11.5. The van der Waals surface area contributed by atoms with Crippen molar-refractivity contribution in [3.05, 3.63) is 29.1 Å². The summed E-state index contributed by atoms with van der Waals surface area (Å²) >= 11 is 0. The predicted molar refractivity (Wildman–Crippen MR) is 54.9 cm³/mol. The van der Waals surface area contributed by atoms with Gasteiger partial charge in [-0.05, 0) is 26.8 Å². The molecule has 0 aliphatic rings. The largest absolute Gasteiger partial charge is 0.462 e. The van der Waals surface area contributed by atoms with E-state index >= 15 is 0 Å². The van der Waals surface area contributed by atoms with Gasteiger partial charge in [-0.2, -0.15) is 0 Å². The van der Waals surface area contributed by atoms with Crippen molar-refractivity contribution in [1.29, 1.82) is 0 Å². The number of ether oxygens (including phenoxy) is 1. The molecule has 0 aliphatic heterocycles. The van der Waals surface area contributed by atoms with Crippen molar-refractivity contribution in [1.82, 2.24) is 4.98 Å². The van der Waals surface area contributed by atoms with E-state index in [1.165, 1.54) is 19.2 Å². The van der Waals surface area contributed by atoms with Crippen molar-refractivity contribution >= 4 is 11.8 Å². The van der Waals surface area contributed by atoms with Crippen molar-refractivity contribution in [2.45, 2.75) is 20.8 Å². The van der Waals surface area contributed by atoms with Gasteiger partial charge in [0.2, 0.25) is 0 Å². The number of aryl methyl sites for hydroxylation is 1. The molecule has 0 N–H and O–H groups in total. The average molecular weight is 207 g/mol. The van der Waals surface area contributed by atoms with Crippen LogP contribution in [0, 0.1) is 6.92 Å². The Morgan fingerprint density at radius 2 is 2.13 bits per heavy atom. The summed E-state index contributed by atoms with van der Waals surface area (Å²) in [6.07, 6.45) is 1.49. The molecule has 0 radical (unpaired) electrons. The average Bonchev–Trinajstić information content (AvgIpc) is 2.17. The summed E-state index contributed by atoms with van der Waals surface area (Å²) in [5, 5.41) is 0. The van der Waals surface area contributed by atoms with Crippen LogP contribution in [0.5, 0.6) is 0 Å². The highest BCUT2D eigenvalue weighted by Gasteiger charge is 2.17.